The summed E-state index contributed by atoms with van der Waals surface area (Å²) in [5.41, 5.74) is 6.30. The van der Waals surface area contributed by atoms with Crippen molar-refractivity contribution in [3.8, 4) is 5.75 Å². The molecule has 1 aromatic rings. The van der Waals surface area contributed by atoms with Crippen LogP contribution in [0.15, 0.2) is 24.3 Å². The second kappa shape index (κ2) is 5.35. The zero-order chi connectivity index (χ0) is 15.0. The molecule has 0 bridgehead atoms. The fourth-order valence-electron chi connectivity index (χ4n) is 3.19. The summed E-state index contributed by atoms with van der Waals surface area (Å²) < 4.78 is 34.4. The Balaban J connectivity index is 2.37. The molecule has 6 heteroatoms. The lowest BCUT2D eigenvalue weighted by atomic mass is 10.00. The van der Waals surface area contributed by atoms with E-state index in [1.807, 2.05) is 24.3 Å². The number of rotatable bonds is 6. The lowest BCUT2D eigenvalue weighted by Gasteiger charge is -2.14. The molecule has 0 radical (unpaired) electrons. The van der Waals surface area contributed by atoms with Crippen molar-refractivity contribution in [3.63, 3.8) is 0 Å². The Hall–Kier alpha value is -1.11. The Morgan fingerprint density at radius 1 is 1.25 bits per heavy atom. The van der Waals surface area contributed by atoms with Gasteiger partial charge in [-0.1, -0.05) is 12.1 Å². The van der Waals surface area contributed by atoms with Crippen LogP contribution in [0.4, 0.5) is 0 Å². The SMILES string of the molecule is COC[C@@]1(CN)[C@@H](c2ccc(OC)cc2)[C@@H]1S(C)(=O)=O. The van der Waals surface area contributed by atoms with Crippen LogP contribution >= 0.6 is 0 Å². The van der Waals surface area contributed by atoms with Crippen molar-refractivity contribution in [2.24, 2.45) is 11.1 Å². The van der Waals surface area contributed by atoms with Gasteiger partial charge in [0.2, 0.25) is 0 Å². The van der Waals surface area contributed by atoms with Gasteiger partial charge in [-0.2, -0.15) is 0 Å². The summed E-state index contributed by atoms with van der Waals surface area (Å²) in [7, 11) is -0.00843. The fourth-order valence-corrected chi connectivity index (χ4v) is 5.20. The molecule has 2 rings (SSSR count). The van der Waals surface area contributed by atoms with E-state index in [4.69, 9.17) is 15.2 Å². The molecule has 20 heavy (non-hydrogen) atoms. The molecule has 112 valence electrons. The van der Waals surface area contributed by atoms with E-state index in [1.165, 1.54) is 6.26 Å². The molecular formula is C14H21NO4S. The second-order valence-electron chi connectivity index (χ2n) is 5.37. The molecule has 1 aromatic carbocycles. The van der Waals surface area contributed by atoms with Gasteiger partial charge in [-0.3, -0.25) is 0 Å². The monoisotopic (exact) mass is 299 g/mol. The summed E-state index contributed by atoms with van der Waals surface area (Å²) in [6.07, 6.45) is 1.27. The van der Waals surface area contributed by atoms with Crippen LogP contribution in [-0.4, -0.2) is 47.3 Å². The van der Waals surface area contributed by atoms with Gasteiger partial charge in [0.05, 0.1) is 19.0 Å². The Morgan fingerprint density at radius 3 is 2.25 bits per heavy atom. The third-order valence-corrected chi connectivity index (χ3v) is 5.77. The normalized spacial score (nSPS) is 29.2. The maximum absolute atomic E-state index is 12.0. The molecule has 3 atom stereocenters. The molecule has 5 nitrogen and oxygen atoms in total. The molecule has 1 fully saturated rings. The van der Waals surface area contributed by atoms with E-state index in [0.717, 1.165) is 11.3 Å². The largest absolute Gasteiger partial charge is 0.497 e. The van der Waals surface area contributed by atoms with Crippen molar-refractivity contribution in [1.29, 1.82) is 0 Å². The summed E-state index contributed by atoms with van der Waals surface area (Å²) >= 11 is 0. The lowest BCUT2D eigenvalue weighted by Crippen LogP contribution is -2.28. The highest BCUT2D eigenvalue weighted by Crippen LogP contribution is 2.62. The van der Waals surface area contributed by atoms with Gasteiger partial charge in [0.15, 0.2) is 9.84 Å². The van der Waals surface area contributed by atoms with Gasteiger partial charge in [-0.15, -0.1) is 0 Å². The fraction of sp³-hybridized carbons (Fsp3) is 0.571. The minimum absolute atomic E-state index is 0.117. The first-order valence-corrected chi connectivity index (χ1v) is 8.38. The third kappa shape index (κ3) is 2.43. The van der Waals surface area contributed by atoms with Crippen molar-refractivity contribution >= 4 is 9.84 Å². The molecular weight excluding hydrogens is 278 g/mol. The van der Waals surface area contributed by atoms with E-state index in [-0.39, 0.29) is 12.5 Å². The van der Waals surface area contributed by atoms with Gasteiger partial charge in [0, 0.05) is 31.2 Å². The van der Waals surface area contributed by atoms with Crippen LogP contribution in [0.25, 0.3) is 0 Å². The minimum Gasteiger partial charge on any atom is -0.497 e. The van der Waals surface area contributed by atoms with Gasteiger partial charge in [-0.05, 0) is 17.7 Å². The van der Waals surface area contributed by atoms with Crippen molar-refractivity contribution < 1.29 is 17.9 Å². The Kier molecular flexibility index (Phi) is 4.09. The summed E-state index contributed by atoms with van der Waals surface area (Å²) in [4.78, 5) is 0. The molecule has 0 saturated heterocycles. The first-order valence-electron chi connectivity index (χ1n) is 6.42. The molecule has 0 amide bonds. The van der Waals surface area contributed by atoms with Gasteiger partial charge >= 0.3 is 0 Å². The number of methoxy groups -OCH3 is 2. The van der Waals surface area contributed by atoms with E-state index < -0.39 is 20.5 Å². The second-order valence-corrected chi connectivity index (χ2v) is 7.54. The maximum atomic E-state index is 12.0. The zero-order valence-electron chi connectivity index (χ0n) is 12.0. The average Bonchev–Trinajstić information content (AvgIpc) is 3.09. The van der Waals surface area contributed by atoms with Crippen LogP contribution in [0.5, 0.6) is 5.75 Å². The highest BCUT2D eigenvalue weighted by molar-refractivity contribution is 7.91. The lowest BCUT2D eigenvalue weighted by molar-refractivity contribution is 0.142. The molecule has 2 N–H and O–H groups in total. The van der Waals surface area contributed by atoms with Crippen LogP contribution < -0.4 is 10.5 Å². The van der Waals surface area contributed by atoms with Crippen LogP contribution in [0.1, 0.15) is 11.5 Å². The van der Waals surface area contributed by atoms with Gasteiger partial charge in [0.1, 0.15) is 5.75 Å². The molecule has 0 heterocycles. The van der Waals surface area contributed by atoms with Crippen LogP contribution in [0.3, 0.4) is 0 Å². The van der Waals surface area contributed by atoms with E-state index in [1.54, 1.807) is 14.2 Å². The predicted octanol–water partition coefficient (Wildman–Crippen LogP) is 0.797. The maximum Gasteiger partial charge on any atom is 0.151 e. The zero-order valence-corrected chi connectivity index (χ0v) is 12.8. The molecule has 0 aliphatic heterocycles. The predicted molar refractivity (Wildman–Crippen MR) is 77.7 cm³/mol. The smallest absolute Gasteiger partial charge is 0.151 e. The highest BCUT2D eigenvalue weighted by atomic mass is 32.2. The van der Waals surface area contributed by atoms with E-state index >= 15 is 0 Å². The number of ether oxygens (including phenoxy) is 2. The minimum atomic E-state index is -3.18. The number of sulfone groups is 1. The van der Waals surface area contributed by atoms with E-state index in [9.17, 15) is 8.42 Å². The summed E-state index contributed by atoms with van der Waals surface area (Å²) in [6.45, 7) is 0.632. The number of nitrogens with two attached hydrogens (primary N) is 1. The van der Waals surface area contributed by atoms with Gasteiger partial charge in [0.25, 0.3) is 0 Å². The van der Waals surface area contributed by atoms with Crippen molar-refractivity contribution in [2.45, 2.75) is 11.2 Å². The van der Waals surface area contributed by atoms with Crippen molar-refractivity contribution in [2.75, 3.05) is 33.6 Å². The number of hydrogen-bond donors (Lipinski definition) is 1. The quantitative estimate of drug-likeness (QED) is 0.840. The van der Waals surface area contributed by atoms with Gasteiger partial charge in [-0.25, -0.2) is 8.42 Å². The topological polar surface area (TPSA) is 78.6 Å². The summed E-state index contributed by atoms with van der Waals surface area (Å²) in [6, 6.07) is 7.46. The number of hydrogen-bond acceptors (Lipinski definition) is 5. The van der Waals surface area contributed by atoms with E-state index in [2.05, 4.69) is 0 Å². The van der Waals surface area contributed by atoms with Crippen molar-refractivity contribution in [3.05, 3.63) is 29.8 Å². The molecule has 0 aromatic heterocycles. The Morgan fingerprint density at radius 2 is 1.85 bits per heavy atom. The van der Waals surface area contributed by atoms with E-state index in [0.29, 0.717) is 6.61 Å². The summed E-state index contributed by atoms with van der Waals surface area (Å²) in [5.74, 6) is 0.628. The standard InChI is InChI=1S/C14H21NO4S/c1-18-9-14(8-15)12(13(14)20(3,16)17)10-4-6-11(19-2)7-5-10/h4-7,12-13H,8-9,15H2,1-3H3/t12-,13-,14-/m0/s1. The first kappa shape index (κ1) is 15.3. The Bertz CT molecular complexity index is 569. The molecule has 0 spiro atoms. The van der Waals surface area contributed by atoms with Crippen LogP contribution in [0, 0.1) is 5.41 Å². The molecule has 1 aliphatic rings. The highest BCUT2D eigenvalue weighted by Gasteiger charge is 2.69. The third-order valence-electron chi connectivity index (χ3n) is 4.11. The first-order chi connectivity index (χ1) is 9.40. The molecule has 1 saturated carbocycles. The van der Waals surface area contributed by atoms with Crippen molar-refractivity contribution in [1.82, 2.24) is 0 Å². The van der Waals surface area contributed by atoms with Gasteiger partial charge < -0.3 is 15.2 Å². The average molecular weight is 299 g/mol. The van der Waals surface area contributed by atoms with Crippen LogP contribution in [0.2, 0.25) is 0 Å². The molecule has 1 aliphatic carbocycles. The van der Waals surface area contributed by atoms with Crippen LogP contribution in [-0.2, 0) is 14.6 Å². The number of benzene rings is 1. The molecule has 0 unspecified atom stereocenters. The summed E-state index contributed by atoms with van der Waals surface area (Å²) in [5, 5.41) is -0.478. The Labute approximate surface area is 120 Å².